The van der Waals surface area contributed by atoms with Crippen LogP contribution in [0.1, 0.15) is 44.2 Å². The second kappa shape index (κ2) is 5.73. The Morgan fingerprint density at radius 3 is 2.67 bits per heavy atom. The molecule has 2 aromatic carbocycles. The molecule has 1 aliphatic heterocycles. The normalized spacial score (nSPS) is 24.4. The van der Waals surface area contributed by atoms with Gasteiger partial charge in [0.05, 0.1) is 22.6 Å². The highest BCUT2D eigenvalue weighted by Crippen LogP contribution is 2.51. The van der Waals surface area contributed by atoms with Gasteiger partial charge in [0, 0.05) is 23.7 Å². The number of benzene rings is 2. The van der Waals surface area contributed by atoms with E-state index in [9.17, 15) is 15.2 Å². The molecule has 0 unspecified atom stereocenters. The fourth-order valence-electron chi connectivity index (χ4n) is 3.82. The van der Waals surface area contributed by atoms with Crippen LogP contribution in [0, 0.1) is 11.3 Å². The molecule has 3 atom stereocenters. The summed E-state index contributed by atoms with van der Waals surface area (Å²) in [7, 11) is 0. The number of carbonyl (C=O) groups excluding carboxylic acids is 1. The Morgan fingerprint density at radius 2 is 1.96 bits per heavy atom. The minimum absolute atomic E-state index is 0.0440. The molecule has 0 fully saturated rings. The topological polar surface area (TPSA) is 64.3 Å². The Kier molecular flexibility index (Phi) is 3.67. The minimum atomic E-state index is -0.559. The molecule has 120 valence electrons. The summed E-state index contributed by atoms with van der Waals surface area (Å²) in [6.07, 6.45) is 0.0280. The van der Waals surface area contributed by atoms with Gasteiger partial charge in [-0.2, -0.15) is 5.26 Å². The van der Waals surface area contributed by atoms with Gasteiger partial charge in [0.15, 0.2) is 0 Å². The third kappa shape index (κ3) is 2.18. The van der Waals surface area contributed by atoms with Crippen molar-refractivity contribution in [2.75, 3.05) is 11.4 Å². The fraction of sp³-hybridized carbons (Fsp3) is 0.263. The number of nitriles is 1. The summed E-state index contributed by atoms with van der Waals surface area (Å²) >= 11 is 3.53. The van der Waals surface area contributed by atoms with Gasteiger partial charge in [-0.25, -0.2) is 0 Å². The van der Waals surface area contributed by atoms with Crippen LogP contribution in [0.3, 0.4) is 0 Å². The van der Waals surface area contributed by atoms with Crippen molar-refractivity contribution in [3.8, 4) is 6.07 Å². The molecule has 0 aromatic heterocycles. The number of aliphatic hydroxyl groups excluding tert-OH is 1. The van der Waals surface area contributed by atoms with Crippen LogP contribution in [0.15, 0.2) is 42.5 Å². The van der Waals surface area contributed by atoms with E-state index in [4.69, 9.17) is 0 Å². The molecule has 0 saturated heterocycles. The molecule has 0 bridgehead atoms. The molecule has 1 heterocycles. The van der Waals surface area contributed by atoms with E-state index in [0.717, 1.165) is 16.8 Å². The molecule has 2 aliphatic rings. The summed E-state index contributed by atoms with van der Waals surface area (Å²) < 4.78 is 0. The summed E-state index contributed by atoms with van der Waals surface area (Å²) in [4.78, 5) is 14.4. The second-order valence-corrected chi connectivity index (χ2v) is 7.24. The highest BCUT2D eigenvalue weighted by molar-refractivity contribution is 9.09. The van der Waals surface area contributed by atoms with Crippen LogP contribution in [0.25, 0.3) is 0 Å². The number of anilines is 1. The van der Waals surface area contributed by atoms with Crippen molar-refractivity contribution in [2.24, 2.45) is 0 Å². The van der Waals surface area contributed by atoms with Crippen molar-refractivity contribution < 1.29 is 9.90 Å². The lowest BCUT2D eigenvalue weighted by molar-refractivity contribution is 0.0984. The molecule has 2 aromatic rings. The van der Waals surface area contributed by atoms with E-state index in [1.165, 1.54) is 0 Å². The van der Waals surface area contributed by atoms with Gasteiger partial charge >= 0.3 is 0 Å². The third-order valence-corrected chi connectivity index (χ3v) is 5.96. The summed E-state index contributed by atoms with van der Waals surface area (Å²) in [5.41, 5.74) is 3.94. The van der Waals surface area contributed by atoms with Crippen LogP contribution in [0.2, 0.25) is 0 Å². The van der Waals surface area contributed by atoms with Gasteiger partial charge < -0.3 is 10.0 Å². The van der Waals surface area contributed by atoms with Gasteiger partial charge in [0.1, 0.15) is 0 Å². The first-order valence-corrected chi connectivity index (χ1v) is 8.79. The first-order valence-electron chi connectivity index (χ1n) is 7.87. The molecule has 4 nitrogen and oxygen atoms in total. The number of carbonyl (C=O) groups is 1. The molecular formula is C19H15BrN2O2. The number of nitrogens with zero attached hydrogens (tertiary/aromatic N) is 2. The molecule has 0 spiro atoms. The molecule has 24 heavy (non-hydrogen) atoms. The van der Waals surface area contributed by atoms with Crippen LogP contribution in [-0.2, 0) is 0 Å². The smallest absolute Gasteiger partial charge is 0.258 e. The molecule has 5 heteroatoms. The maximum atomic E-state index is 12.9. The first-order chi connectivity index (χ1) is 11.6. The zero-order valence-corrected chi connectivity index (χ0v) is 14.4. The molecule has 1 amide bonds. The van der Waals surface area contributed by atoms with E-state index >= 15 is 0 Å². The molecular weight excluding hydrogens is 368 g/mol. The number of rotatable bonds is 1. The quantitative estimate of drug-likeness (QED) is 0.767. The van der Waals surface area contributed by atoms with Gasteiger partial charge in [-0.05, 0) is 41.8 Å². The Bertz CT molecular complexity index is 860. The lowest BCUT2D eigenvalue weighted by atomic mass is 9.80. The van der Waals surface area contributed by atoms with E-state index in [-0.39, 0.29) is 16.7 Å². The van der Waals surface area contributed by atoms with Gasteiger partial charge in [0.25, 0.3) is 5.91 Å². The number of halogens is 1. The maximum absolute atomic E-state index is 12.9. The van der Waals surface area contributed by atoms with Gasteiger partial charge in [-0.1, -0.05) is 34.1 Å². The molecule has 1 aliphatic carbocycles. The van der Waals surface area contributed by atoms with Crippen LogP contribution in [0.5, 0.6) is 0 Å². The number of hydrogen-bond acceptors (Lipinski definition) is 3. The van der Waals surface area contributed by atoms with E-state index in [1.54, 1.807) is 11.0 Å². The van der Waals surface area contributed by atoms with E-state index in [2.05, 4.69) is 22.0 Å². The van der Waals surface area contributed by atoms with Crippen molar-refractivity contribution in [1.29, 1.82) is 5.26 Å². The maximum Gasteiger partial charge on any atom is 0.258 e. The second-order valence-electron chi connectivity index (χ2n) is 6.25. The SMILES string of the molecule is N#Cc1ccc2c3c1[C@H](Br)[C@@H](O)C[C@H]3CN2C(=O)c1ccccc1. The summed E-state index contributed by atoms with van der Waals surface area (Å²) in [6.45, 7) is 0.543. The predicted molar refractivity (Wildman–Crippen MR) is 94.3 cm³/mol. The number of hydrogen-bond donors (Lipinski definition) is 1. The van der Waals surface area contributed by atoms with Crippen LogP contribution >= 0.6 is 15.9 Å². The van der Waals surface area contributed by atoms with E-state index in [0.29, 0.717) is 24.1 Å². The summed E-state index contributed by atoms with van der Waals surface area (Å²) in [5, 5.41) is 19.8. The standard InChI is InChI=1S/C19H15BrN2O2/c20-18-15(23)8-13-10-22(19(24)11-4-2-1-3-5-11)14-7-6-12(9-21)17(18)16(13)14/h1-7,13,15,18,23H,8,10H2/t13-,15-,18+/m0/s1. The lowest BCUT2D eigenvalue weighted by Crippen LogP contribution is -2.31. The monoisotopic (exact) mass is 382 g/mol. The Balaban J connectivity index is 1.84. The van der Waals surface area contributed by atoms with Gasteiger partial charge in [0.2, 0.25) is 0 Å². The molecule has 0 saturated carbocycles. The number of amides is 1. The average molecular weight is 383 g/mol. The van der Waals surface area contributed by atoms with Crippen molar-refractivity contribution in [1.82, 2.24) is 0 Å². The van der Waals surface area contributed by atoms with Gasteiger partial charge in [-0.15, -0.1) is 0 Å². The van der Waals surface area contributed by atoms with Crippen LogP contribution in [0.4, 0.5) is 5.69 Å². The number of alkyl halides is 1. The first kappa shape index (κ1) is 15.4. The highest BCUT2D eigenvalue weighted by Gasteiger charge is 2.43. The molecule has 0 radical (unpaired) electrons. The zero-order chi connectivity index (χ0) is 16.8. The third-order valence-electron chi connectivity index (χ3n) is 4.89. The molecule has 4 rings (SSSR count). The van der Waals surface area contributed by atoms with Crippen molar-refractivity contribution in [3.05, 3.63) is 64.7 Å². The van der Waals surface area contributed by atoms with Crippen molar-refractivity contribution >= 4 is 27.5 Å². The highest BCUT2D eigenvalue weighted by atomic mass is 79.9. The average Bonchev–Trinajstić information content (AvgIpc) is 2.98. The van der Waals surface area contributed by atoms with Crippen LogP contribution < -0.4 is 4.90 Å². The van der Waals surface area contributed by atoms with E-state index < -0.39 is 6.10 Å². The Morgan fingerprint density at radius 1 is 1.21 bits per heavy atom. The molecule has 1 N–H and O–H groups in total. The fourth-order valence-corrected chi connectivity index (χ4v) is 4.53. The summed E-state index contributed by atoms with van der Waals surface area (Å²) in [6, 6.07) is 15.0. The lowest BCUT2D eigenvalue weighted by Gasteiger charge is -2.30. The van der Waals surface area contributed by atoms with Crippen molar-refractivity contribution in [3.63, 3.8) is 0 Å². The predicted octanol–water partition coefficient (Wildman–Crippen LogP) is 3.50. The van der Waals surface area contributed by atoms with Crippen molar-refractivity contribution in [2.45, 2.75) is 23.3 Å². The minimum Gasteiger partial charge on any atom is -0.392 e. The number of aliphatic hydroxyl groups is 1. The zero-order valence-electron chi connectivity index (χ0n) is 12.8. The summed E-state index contributed by atoms with van der Waals surface area (Å²) in [5.74, 6) is 0.0253. The largest absolute Gasteiger partial charge is 0.392 e. The van der Waals surface area contributed by atoms with Gasteiger partial charge in [-0.3, -0.25) is 4.79 Å². The Hall–Kier alpha value is -2.16. The Labute approximate surface area is 148 Å². The van der Waals surface area contributed by atoms with E-state index in [1.807, 2.05) is 36.4 Å². The van der Waals surface area contributed by atoms with Crippen LogP contribution in [-0.4, -0.2) is 23.7 Å².